The second-order valence-electron chi connectivity index (χ2n) is 6.85. The molecule has 0 bridgehead atoms. The third-order valence-corrected chi connectivity index (χ3v) is 5.28. The molecule has 0 radical (unpaired) electrons. The highest BCUT2D eigenvalue weighted by Gasteiger charge is 2.18. The fourth-order valence-corrected chi connectivity index (χ4v) is 3.85. The minimum Gasteiger partial charge on any atom is -0.388 e. The largest absolute Gasteiger partial charge is 0.388 e. The molecule has 0 saturated heterocycles. The zero-order valence-electron chi connectivity index (χ0n) is 17.8. The van der Waals surface area contributed by atoms with Crippen LogP contribution in [0.3, 0.4) is 0 Å². The molecule has 0 spiro atoms. The maximum absolute atomic E-state index is 4.96. The number of nitrogens with zero attached hydrogens (tertiary/aromatic N) is 2. The summed E-state index contributed by atoms with van der Waals surface area (Å²) in [4.78, 5) is 7.35. The van der Waals surface area contributed by atoms with E-state index in [0.29, 0.717) is 0 Å². The molecule has 0 aliphatic heterocycles. The Morgan fingerprint density at radius 1 is 0.893 bits per heavy atom. The number of hydrogen-bond donors (Lipinski definition) is 3. The number of aromatic nitrogens is 1. The summed E-state index contributed by atoms with van der Waals surface area (Å²) in [5.74, 6) is 0. The first kappa shape index (κ1) is 19.8. The smallest absolute Gasteiger partial charge is 0.0805 e. The van der Waals surface area contributed by atoms with E-state index in [1.807, 2.05) is 21.1 Å². The summed E-state index contributed by atoms with van der Waals surface area (Å²) in [5.41, 5.74) is 8.78. The normalized spacial score (nSPS) is 10.8. The molecule has 1 aromatic heterocycles. The van der Waals surface area contributed by atoms with Crippen molar-refractivity contribution in [2.75, 3.05) is 55.1 Å². The minimum absolute atomic E-state index is 0.972. The quantitative estimate of drug-likeness (QED) is 0.529. The highest BCUT2D eigenvalue weighted by molar-refractivity contribution is 6.06. The number of anilines is 4. The van der Waals surface area contributed by atoms with Crippen LogP contribution in [0.5, 0.6) is 0 Å². The Kier molecular flexibility index (Phi) is 5.93. The van der Waals surface area contributed by atoms with Crippen molar-refractivity contribution in [3.8, 4) is 11.1 Å². The van der Waals surface area contributed by atoms with Crippen molar-refractivity contribution in [2.45, 2.75) is 20.8 Å². The van der Waals surface area contributed by atoms with Gasteiger partial charge in [-0.3, -0.25) is 4.98 Å². The summed E-state index contributed by atoms with van der Waals surface area (Å²) in [7, 11) is 5.86. The van der Waals surface area contributed by atoms with Crippen molar-refractivity contribution in [3.05, 3.63) is 42.1 Å². The number of hydrogen-bond acceptors (Lipinski definition) is 5. The van der Waals surface area contributed by atoms with Gasteiger partial charge in [-0.1, -0.05) is 18.2 Å². The van der Waals surface area contributed by atoms with Crippen LogP contribution in [0.15, 0.2) is 36.4 Å². The van der Waals surface area contributed by atoms with Crippen LogP contribution in [-0.4, -0.2) is 39.2 Å². The topological polar surface area (TPSA) is 52.2 Å². The second-order valence-corrected chi connectivity index (χ2v) is 6.85. The van der Waals surface area contributed by atoms with Crippen LogP contribution in [0.2, 0.25) is 0 Å². The van der Waals surface area contributed by atoms with E-state index in [0.717, 1.165) is 52.5 Å². The van der Waals surface area contributed by atoms with Gasteiger partial charge in [0.05, 0.1) is 5.52 Å². The van der Waals surface area contributed by atoms with Crippen molar-refractivity contribution in [3.63, 3.8) is 0 Å². The van der Waals surface area contributed by atoms with Crippen LogP contribution in [0.25, 0.3) is 22.0 Å². The van der Waals surface area contributed by atoms with Gasteiger partial charge >= 0.3 is 0 Å². The van der Waals surface area contributed by atoms with E-state index in [1.54, 1.807) is 0 Å². The first-order chi connectivity index (χ1) is 13.6. The molecular formula is C23H31N5. The van der Waals surface area contributed by atoms with Crippen LogP contribution < -0.4 is 20.9 Å². The first-order valence-corrected chi connectivity index (χ1v) is 9.94. The molecule has 28 heavy (non-hydrogen) atoms. The van der Waals surface area contributed by atoms with E-state index < -0.39 is 0 Å². The lowest BCUT2D eigenvalue weighted by atomic mass is 9.96. The molecule has 5 nitrogen and oxygen atoms in total. The van der Waals surface area contributed by atoms with Crippen molar-refractivity contribution in [2.24, 2.45) is 0 Å². The van der Waals surface area contributed by atoms with Gasteiger partial charge in [0, 0.05) is 79.2 Å². The van der Waals surface area contributed by atoms with Crippen LogP contribution in [-0.2, 0) is 0 Å². The number of para-hydroxylation sites is 1. The monoisotopic (exact) mass is 377 g/mol. The van der Waals surface area contributed by atoms with Crippen LogP contribution >= 0.6 is 0 Å². The summed E-state index contributed by atoms with van der Waals surface area (Å²) in [5, 5.41) is 11.2. The molecule has 0 aliphatic carbocycles. The van der Waals surface area contributed by atoms with E-state index in [9.17, 15) is 0 Å². The molecule has 0 unspecified atom stereocenters. The van der Waals surface area contributed by atoms with Gasteiger partial charge in [-0.25, -0.2) is 0 Å². The number of nitrogens with one attached hydrogen (secondary N) is 3. The van der Waals surface area contributed by atoms with Crippen molar-refractivity contribution in [1.29, 1.82) is 0 Å². The van der Waals surface area contributed by atoms with Gasteiger partial charge in [-0.05, 0) is 39.0 Å². The zero-order valence-corrected chi connectivity index (χ0v) is 17.8. The molecular weight excluding hydrogens is 346 g/mol. The van der Waals surface area contributed by atoms with Crippen molar-refractivity contribution in [1.82, 2.24) is 4.98 Å². The van der Waals surface area contributed by atoms with E-state index in [2.05, 4.69) is 78.0 Å². The number of pyridine rings is 1. The van der Waals surface area contributed by atoms with Crippen molar-refractivity contribution >= 4 is 33.7 Å². The molecule has 2 aromatic carbocycles. The minimum atomic E-state index is 0.972. The van der Waals surface area contributed by atoms with Gasteiger partial charge in [0.1, 0.15) is 0 Å². The van der Waals surface area contributed by atoms with Gasteiger partial charge in [0.2, 0.25) is 0 Å². The molecule has 0 fully saturated rings. The van der Waals surface area contributed by atoms with E-state index >= 15 is 0 Å². The van der Waals surface area contributed by atoms with Gasteiger partial charge in [-0.15, -0.1) is 0 Å². The standard InChI is InChI=1S/C23H31N5/c1-7-28(8-2)21-12-15(3)27-23-17(21)10-9-11-18(23)22-19(25-5)13-16(24-4)14-20(22)26-6/h9-14,24-26H,7-8H2,1-6H3. The molecule has 1 heterocycles. The predicted octanol–water partition coefficient (Wildman–Crippen LogP) is 5.18. The van der Waals surface area contributed by atoms with E-state index in [-0.39, 0.29) is 0 Å². The fraction of sp³-hybridized carbons (Fsp3) is 0.348. The molecule has 0 aliphatic rings. The SMILES string of the molecule is CCN(CC)c1cc(C)nc2c(-c3c(NC)cc(NC)cc3NC)cccc12. The Hall–Kier alpha value is -2.95. The third-order valence-electron chi connectivity index (χ3n) is 5.28. The van der Waals surface area contributed by atoms with Gasteiger partial charge in [0.25, 0.3) is 0 Å². The predicted molar refractivity (Wildman–Crippen MR) is 124 cm³/mol. The van der Waals surface area contributed by atoms with Gasteiger partial charge in [0.15, 0.2) is 0 Å². The van der Waals surface area contributed by atoms with Gasteiger partial charge in [-0.2, -0.15) is 0 Å². The van der Waals surface area contributed by atoms with Crippen LogP contribution in [0, 0.1) is 6.92 Å². The first-order valence-electron chi connectivity index (χ1n) is 9.94. The molecule has 148 valence electrons. The van der Waals surface area contributed by atoms with Gasteiger partial charge < -0.3 is 20.9 Å². The molecule has 0 atom stereocenters. The number of rotatable bonds is 7. The molecule has 0 saturated carbocycles. The number of fused-ring (bicyclic) bond motifs is 1. The molecule has 0 amide bonds. The summed E-state index contributed by atoms with van der Waals surface area (Å²) in [6.07, 6.45) is 0. The lowest BCUT2D eigenvalue weighted by Crippen LogP contribution is -2.22. The molecule has 5 heteroatoms. The number of benzene rings is 2. The molecule has 3 N–H and O–H groups in total. The maximum Gasteiger partial charge on any atom is 0.0805 e. The molecule has 3 aromatic rings. The highest BCUT2D eigenvalue weighted by atomic mass is 15.1. The summed E-state index contributed by atoms with van der Waals surface area (Å²) in [6.45, 7) is 8.41. The summed E-state index contributed by atoms with van der Waals surface area (Å²) in [6, 6.07) is 12.9. The maximum atomic E-state index is 4.96. The van der Waals surface area contributed by atoms with Crippen LogP contribution in [0.1, 0.15) is 19.5 Å². The highest BCUT2D eigenvalue weighted by Crippen LogP contribution is 2.42. The third kappa shape index (κ3) is 3.44. The Bertz CT molecular complexity index is 951. The Morgan fingerprint density at radius 2 is 1.54 bits per heavy atom. The molecule has 3 rings (SSSR count). The Balaban J connectivity index is 2.37. The summed E-state index contributed by atoms with van der Waals surface area (Å²) < 4.78 is 0. The second kappa shape index (κ2) is 8.38. The lowest BCUT2D eigenvalue weighted by molar-refractivity contribution is 0.868. The van der Waals surface area contributed by atoms with Crippen molar-refractivity contribution < 1.29 is 0 Å². The Morgan fingerprint density at radius 3 is 2.07 bits per heavy atom. The lowest BCUT2D eigenvalue weighted by Gasteiger charge is -2.24. The fourth-order valence-electron chi connectivity index (χ4n) is 3.85. The summed E-state index contributed by atoms with van der Waals surface area (Å²) >= 11 is 0. The Labute approximate surface area is 168 Å². The average molecular weight is 378 g/mol. The van der Waals surface area contributed by atoms with E-state index in [1.165, 1.54) is 11.1 Å². The van der Waals surface area contributed by atoms with E-state index in [4.69, 9.17) is 4.98 Å². The number of aryl methyl sites for hydroxylation is 1. The average Bonchev–Trinajstić information content (AvgIpc) is 2.73. The zero-order chi connectivity index (χ0) is 20.3. The van der Waals surface area contributed by atoms with Crippen LogP contribution in [0.4, 0.5) is 22.7 Å².